The van der Waals surface area contributed by atoms with Crippen molar-refractivity contribution < 1.29 is 9.15 Å². The van der Waals surface area contributed by atoms with Crippen LogP contribution < -0.4 is 0 Å². The molecule has 5 heteroatoms. The van der Waals surface area contributed by atoms with Gasteiger partial charge in [-0.2, -0.15) is 0 Å². The molecule has 4 rings (SSSR count). The van der Waals surface area contributed by atoms with Crippen molar-refractivity contribution in [1.82, 2.24) is 9.88 Å². The standard InChI is InChI=1S/C23H25BrN2O2/c1-17-9-10-19(22(24)12-17)13-26(15-21-8-5-11-27-21)14-20-16-28-23(25-20)18-6-3-2-4-7-18/h2-4,6-7,9-10,12,16,21H,5,8,11,13-15H2,1H3. The van der Waals surface area contributed by atoms with E-state index in [0.29, 0.717) is 12.0 Å². The molecule has 1 aromatic heterocycles. The summed E-state index contributed by atoms with van der Waals surface area (Å²) in [7, 11) is 0. The highest BCUT2D eigenvalue weighted by molar-refractivity contribution is 9.10. The van der Waals surface area contributed by atoms with E-state index in [1.807, 2.05) is 30.3 Å². The first-order valence-electron chi connectivity index (χ1n) is 9.76. The highest BCUT2D eigenvalue weighted by Crippen LogP contribution is 2.24. The summed E-state index contributed by atoms with van der Waals surface area (Å²) in [6.45, 7) is 5.45. The molecule has 0 saturated carbocycles. The fourth-order valence-corrected chi connectivity index (χ4v) is 4.22. The van der Waals surface area contributed by atoms with Gasteiger partial charge in [-0.25, -0.2) is 4.98 Å². The Morgan fingerprint density at radius 1 is 1.14 bits per heavy atom. The maximum atomic E-state index is 5.89. The van der Waals surface area contributed by atoms with Crippen LogP contribution in [0.2, 0.25) is 0 Å². The third-order valence-corrected chi connectivity index (χ3v) is 5.78. The monoisotopic (exact) mass is 440 g/mol. The predicted molar refractivity (Wildman–Crippen MR) is 114 cm³/mol. The lowest BCUT2D eigenvalue weighted by atomic mass is 10.1. The molecule has 1 unspecified atom stereocenters. The van der Waals surface area contributed by atoms with Gasteiger partial charge in [-0.1, -0.05) is 46.3 Å². The minimum Gasteiger partial charge on any atom is -0.444 e. The molecule has 2 heterocycles. The molecule has 1 fully saturated rings. The molecule has 4 nitrogen and oxygen atoms in total. The average Bonchev–Trinajstić information content (AvgIpc) is 3.37. The molecule has 1 saturated heterocycles. The summed E-state index contributed by atoms with van der Waals surface area (Å²) >= 11 is 3.72. The number of halogens is 1. The Bertz CT molecular complexity index is 904. The van der Waals surface area contributed by atoms with Gasteiger partial charge in [0.15, 0.2) is 0 Å². The summed E-state index contributed by atoms with van der Waals surface area (Å²) in [6.07, 6.45) is 4.34. The smallest absolute Gasteiger partial charge is 0.226 e. The van der Waals surface area contributed by atoms with Gasteiger partial charge in [0.2, 0.25) is 5.89 Å². The number of hydrogen-bond donors (Lipinski definition) is 0. The molecule has 0 bridgehead atoms. The third-order valence-electron chi connectivity index (χ3n) is 5.05. The van der Waals surface area contributed by atoms with Crippen LogP contribution in [0.5, 0.6) is 0 Å². The van der Waals surface area contributed by atoms with E-state index in [1.165, 1.54) is 11.1 Å². The van der Waals surface area contributed by atoms with Gasteiger partial charge in [0.1, 0.15) is 6.26 Å². The number of aromatic nitrogens is 1. The first-order valence-corrected chi connectivity index (χ1v) is 10.6. The molecule has 0 N–H and O–H groups in total. The molecule has 0 amide bonds. The highest BCUT2D eigenvalue weighted by Gasteiger charge is 2.21. The molecule has 0 spiro atoms. The van der Waals surface area contributed by atoms with Crippen molar-refractivity contribution in [3.63, 3.8) is 0 Å². The Hall–Kier alpha value is -1.95. The average molecular weight is 441 g/mol. The molecular weight excluding hydrogens is 416 g/mol. The van der Waals surface area contributed by atoms with E-state index in [2.05, 4.69) is 46.0 Å². The van der Waals surface area contributed by atoms with E-state index in [-0.39, 0.29) is 0 Å². The van der Waals surface area contributed by atoms with E-state index >= 15 is 0 Å². The van der Waals surface area contributed by atoms with E-state index < -0.39 is 0 Å². The predicted octanol–water partition coefficient (Wildman–Crippen LogP) is 5.59. The quantitative estimate of drug-likeness (QED) is 0.479. The maximum Gasteiger partial charge on any atom is 0.226 e. The van der Waals surface area contributed by atoms with E-state index in [9.17, 15) is 0 Å². The van der Waals surface area contributed by atoms with Crippen LogP contribution >= 0.6 is 15.9 Å². The van der Waals surface area contributed by atoms with Crippen molar-refractivity contribution in [3.05, 3.63) is 76.1 Å². The zero-order valence-electron chi connectivity index (χ0n) is 16.1. The lowest BCUT2D eigenvalue weighted by Gasteiger charge is -2.25. The molecule has 1 aliphatic heterocycles. The number of rotatable bonds is 7. The van der Waals surface area contributed by atoms with Crippen molar-refractivity contribution >= 4 is 15.9 Å². The van der Waals surface area contributed by atoms with Crippen molar-refractivity contribution in [2.24, 2.45) is 0 Å². The van der Waals surface area contributed by atoms with Gasteiger partial charge in [-0.15, -0.1) is 0 Å². The Kier molecular flexibility index (Phi) is 6.25. The second-order valence-electron chi connectivity index (χ2n) is 7.41. The van der Waals surface area contributed by atoms with Gasteiger partial charge in [0.05, 0.1) is 11.8 Å². The fraction of sp³-hybridized carbons (Fsp3) is 0.348. The zero-order valence-corrected chi connectivity index (χ0v) is 17.7. The summed E-state index contributed by atoms with van der Waals surface area (Å²) in [6, 6.07) is 16.6. The minimum atomic E-state index is 0.296. The number of hydrogen-bond acceptors (Lipinski definition) is 4. The lowest BCUT2D eigenvalue weighted by Crippen LogP contribution is -2.31. The molecule has 146 valence electrons. The molecule has 1 aliphatic rings. The second-order valence-corrected chi connectivity index (χ2v) is 8.26. The first-order chi connectivity index (χ1) is 13.7. The van der Waals surface area contributed by atoms with Crippen LogP contribution in [0.4, 0.5) is 0 Å². The van der Waals surface area contributed by atoms with Crippen LogP contribution in [-0.2, 0) is 17.8 Å². The number of aryl methyl sites for hydroxylation is 1. The van der Waals surface area contributed by atoms with E-state index in [0.717, 1.165) is 54.8 Å². The molecule has 0 radical (unpaired) electrons. The fourth-order valence-electron chi connectivity index (χ4n) is 3.60. The zero-order chi connectivity index (χ0) is 19.3. The van der Waals surface area contributed by atoms with Crippen LogP contribution in [0, 0.1) is 6.92 Å². The normalized spacial score (nSPS) is 16.8. The number of ether oxygens (including phenoxy) is 1. The number of benzene rings is 2. The molecule has 28 heavy (non-hydrogen) atoms. The van der Waals surface area contributed by atoms with Gasteiger partial charge in [0.25, 0.3) is 0 Å². The van der Waals surface area contributed by atoms with Gasteiger partial charge < -0.3 is 9.15 Å². The van der Waals surface area contributed by atoms with Crippen LogP contribution in [0.1, 0.15) is 29.7 Å². The van der Waals surface area contributed by atoms with Crippen molar-refractivity contribution in [2.75, 3.05) is 13.2 Å². The Balaban J connectivity index is 1.51. The van der Waals surface area contributed by atoms with Gasteiger partial charge >= 0.3 is 0 Å². The molecule has 1 atom stereocenters. The molecule has 2 aromatic carbocycles. The summed E-state index contributed by atoms with van der Waals surface area (Å²) in [4.78, 5) is 7.11. The second kappa shape index (κ2) is 9.03. The largest absolute Gasteiger partial charge is 0.444 e. The number of nitrogens with zero attached hydrogens (tertiary/aromatic N) is 2. The molecule has 0 aliphatic carbocycles. The van der Waals surface area contributed by atoms with Gasteiger partial charge in [0, 0.05) is 36.3 Å². The Morgan fingerprint density at radius 2 is 2.00 bits per heavy atom. The Morgan fingerprint density at radius 3 is 2.75 bits per heavy atom. The maximum absolute atomic E-state index is 5.89. The van der Waals surface area contributed by atoms with Crippen LogP contribution in [-0.4, -0.2) is 29.1 Å². The minimum absolute atomic E-state index is 0.296. The van der Waals surface area contributed by atoms with Crippen LogP contribution in [0.3, 0.4) is 0 Å². The lowest BCUT2D eigenvalue weighted by molar-refractivity contribution is 0.0674. The van der Waals surface area contributed by atoms with Crippen LogP contribution in [0.15, 0.2) is 63.7 Å². The van der Waals surface area contributed by atoms with Crippen molar-refractivity contribution in [2.45, 2.75) is 39.0 Å². The Labute approximate surface area is 174 Å². The van der Waals surface area contributed by atoms with Gasteiger partial charge in [-0.3, -0.25) is 4.90 Å². The van der Waals surface area contributed by atoms with E-state index in [4.69, 9.17) is 14.1 Å². The van der Waals surface area contributed by atoms with Gasteiger partial charge in [-0.05, 0) is 49.1 Å². The summed E-state index contributed by atoms with van der Waals surface area (Å²) in [5.74, 6) is 0.671. The summed E-state index contributed by atoms with van der Waals surface area (Å²) in [5, 5.41) is 0. The SMILES string of the molecule is Cc1ccc(CN(Cc2coc(-c3ccccc3)n2)CC2CCCO2)c(Br)c1. The van der Waals surface area contributed by atoms with Crippen molar-refractivity contribution in [3.8, 4) is 11.5 Å². The molecule has 3 aromatic rings. The summed E-state index contributed by atoms with van der Waals surface area (Å²) < 4.78 is 12.8. The first kappa shape index (κ1) is 19.4. The topological polar surface area (TPSA) is 38.5 Å². The van der Waals surface area contributed by atoms with Crippen molar-refractivity contribution in [1.29, 1.82) is 0 Å². The summed E-state index contributed by atoms with van der Waals surface area (Å²) in [5.41, 5.74) is 4.47. The highest BCUT2D eigenvalue weighted by atomic mass is 79.9. The number of oxazole rings is 1. The molecular formula is C23H25BrN2O2. The van der Waals surface area contributed by atoms with E-state index in [1.54, 1.807) is 6.26 Å². The van der Waals surface area contributed by atoms with Crippen LogP contribution in [0.25, 0.3) is 11.5 Å². The third kappa shape index (κ3) is 4.90.